The second kappa shape index (κ2) is 7.15. The number of hydrogen-bond acceptors (Lipinski definition) is 3. The van der Waals surface area contributed by atoms with Gasteiger partial charge in [0.15, 0.2) is 0 Å². The van der Waals surface area contributed by atoms with Crippen LogP contribution < -0.4 is 0 Å². The third-order valence-corrected chi connectivity index (χ3v) is 5.14. The molecule has 0 N–H and O–H groups in total. The first-order chi connectivity index (χ1) is 11.1. The molecular formula is C17H26N4O2. The zero-order valence-electron chi connectivity index (χ0n) is 13.9. The van der Waals surface area contributed by atoms with E-state index in [1.54, 1.807) is 15.8 Å². The predicted molar refractivity (Wildman–Crippen MR) is 86.7 cm³/mol. The van der Waals surface area contributed by atoms with Crippen LogP contribution >= 0.6 is 0 Å². The summed E-state index contributed by atoms with van der Waals surface area (Å²) in [6.07, 6.45) is 8.84. The smallest absolute Gasteiger partial charge is 0.242 e. The quantitative estimate of drug-likeness (QED) is 0.842. The molecule has 0 bridgehead atoms. The first-order valence-electron chi connectivity index (χ1n) is 8.69. The van der Waals surface area contributed by atoms with Gasteiger partial charge in [0.1, 0.15) is 0 Å². The Hall–Kier alpha value is -1.85. The van der Waals surface area contributed by atoms with Crippen molar-refractivity contribution >= 4 is 11.8 Å². The van der Waals surface area contributed by atoms with Crippen molar-refractivity contribution in [3.63, 3.8) is 0 Å². The molecule has 126 valence electrons. The van der Waals surface area contributed by atoms with E-state index in [1.165, 1.54) is 19.3 Å². The monoisotopic (exact) mass is 318 g/mol. The van der Waals surface area contributed by atoms with Gasteiger partial charge in [-0.2, -0.15) is 5.10 Å². The Morgan fingerprint density at radius 2 is 2.04 bits per heavy atom. The molecule has 1 aromatic heterocycles. The number of rotatable bonds is 4. The number of hydrogen-bond donors (Lipinski definition) is 0. The summed E-state index contributed by atoms with van der Waals surface area (Å²) < 4.78 is 1.79. The molecule has 6 heteroatoms. The van der Waals surface area contributed by atoms with Crippen LogP contribution in [0.15, 0.2) is 12.3 Å². The molecule has 0 spiro atoms. The van der Waals surface area contributed by atoms with Crippen molar-refractivity contribution in [1.29, 1.82) is 0 Å². The van der Waals surface area contributed by atoms with E-state index in [-0.39, 0.29) is 18.4 Å². The molecule has 1 aromatic rings. The van der Waals surface area contributed by atoms with E-state index in [0.717, 1.165) is 18.5 Å². The number of carbonyl (C=O) groups excluding carboxylic acids is 2. The minimum absolute atomic E-state index is 0.0721. The third kappa shape index (κ3) is 3.74. The molecule has 1 saturated carbocycles. The first kappa shape index (κ1) is 16.0. The summed E-state index contributed by atoms with van der Waals surface area (Å²) in [4.78, 5) is 28.5. The Morgan fingerprint density at radius 3 is 2.70 bits per heavy atom. The van der Waals surface area contributed by atoms with E-state index in [9.17, 15) is 9.59 Å². The van der Waals surface area contributed by atoms with Crippen LogP contribution in [0.2, 0.25) is 0 Å². The van der Waals surface area contributed by atoms with E-state index in [1.807, 2.05) is 18.0 Å². The van der Waals surface area contributed by atoms with Gasteiger partial charge >= 0.3 is 0 Å². The van der Waals surface area contributed by atoms with E-state index in [4.69, 9.17) is 0 Å². The van der Waals surface area contributed by atoms with Gasteiger partial charge in [-0.05, 0) is 25.3 Å². The van der Waals surface area contributed by atoms with Gasteiger partial charge < -0.3 is 9.80 Å². The lowest BCUT2D eigenvalue weighted by molar-refractivity contribution is -0.147. The molecular weight excluding hydrogens is 292 g/mol. The van der Waals surface area contributed by atoms with Gasteiger partial charge in [0, 0.05) is 44.5 Å². The van der Waals surface area contributed by atoms with Crippen LogP contribution in [0.3, 0.4) is 0 Å². The standard InChI is InChI=1S/C17H26N4O2/c1-19-14(9-10-18-19)7-8-16(22)20-11-12-21(17(23)13-20)15-5-3-2-4-6-15/h9-10,15H,2-8,11-13H2,1H3. The van der Waals surface area contributed by atoms with Gasteiger partial charge in [-0.1, -0.05) is 19.3 Å². The van der Waals surface area contributed by atoms with Crippen LogP contribution in [0, 0.1) is 0 Å². The van der Waals surface area contributed by atoms with Crippen molar-refractivity contribution in [2.75, 3.05) is 19.6 Å². The van der Waals surface area contributed by atoms with Crippen molar-refractivity contribution in [3.05, 3.63) is 18.0 Å². The van der Waals surface area contributed by atoms with Crippen LogP contribution in [0.5, 0.6) is 0 Å². The lowest BCUT2D eigenvalue weighted by Gasteiger charge is -2.40. The average molecular weight is 318 g/mol. The lowest BCUT2D eigenvalue weighted by atomic mass is 9.93. The fourth-order valence-electron chi connectivity index (χ4n) is 3.72. The number of piperazine rings is 1. The topological polar surface area (TPSA) is 58.4 Å². The Bertz CT molecular complexity index is 563. The van der Waals surface area contributed by atoms with Crippen molar-refractivity contribution in [2.45, 2.75) is 51.0 Å². The van der Waals surface area contributed by atoms with E-state index in [0.29, 0.717) is 32.0 Å². The second-order valence-electron chi connectivity index (χ2n) is 6.64. The van der Waals surface area contributed by atoms with Gasteiger partial charge in [-0.15, -0.1) is 0 Å². The molecule has 1 aliphatic carbocycles. The van der Waals surface area contributed by atoms with Gasteiger partial charge in [0.2, 0.25) is 11.8 Å². The molecule has 0 atom stereocenters. The van der Waals surface area contributed by atoms with Crippen LogP contribution in [-0.2, 0) is 23.1 Å². The highest BCUT2D eigenvalue weighted by atomic mass is 16.2. The molecule has 2 heterocycles. The second-order valence-corrected chi connectivity index (χ2v) is 6.64. The van der Waals surface area contributed by atoms with Crippen LogP contribution in [-0.4, -0.2) is 57.1 Å². The largest absolute Gasteiger partial charge is 0.336 e. The molecule has 0 radical (unpaired) electrons. The summed E-state index contributed by atoms with van der Waals surface area (Å²) in [6.45, 7) is 1.62. The molecule has 3 rings (SSSR count). The Labute approximate surface area is 137 Å². The molecule has 1 aliphatic heterocycles. The van der Waals surface area contributed by atoms with Crippen molar-refractivity contribution in [2.24, 2.45) is 7.05 Å². The zero-order valence-corrected chi connectivity index (χ0v) is 13.9. The van der Waals surface area contributed by atoms with Gasteiger partial charge in [-0.3, -0.25) is 14.3 Å². The third-order valence-electron chi connectivity index (χ3n) is 5.14. The average Bonchev–Trinajstić information content (AvgIpc) is 2.98. The Kier molecular flexibility index (Phi) is 4.98. The Morgan fingerprint density at radius 1 is 1.26 bits per heavy atom. The predicted octanol–water partition coefficient (Wildman–Crippen LogP) is 1.36. The Balaban J connectivity index is 1.49. The zero-order chi connectivity index (χ0) is 16.2. The summed E-state index contributed by atoms with van der Waals surface area (Å²) in [5.74, 6) is 0.194. The normalized spacial score (nSPS) is 20.1. The van der Waals surface area contributed by atoms with Gasteiger partial charge in [-0.25, -0.2) is 0 Å². The molecule has 1 saturated heterocycles. The fourth-order valence-corrected chi connectivity index (χ4v) is 3.72. The lowest BCUT2D eigenvalue weighted by Crippen LogP contribution is -2.55. The van der Waals surface area contributed by atoms with Crippen molar-refractivity contribution in [3.8, 4) is 0 Å². The summed E-state index contributed by atoms with van der Waals surface area (Å²) in [5.41, 5.74) is 1.05. The first-order valence-corrected chi connectivity index (χ1v) is 8.69. The van der Waals surface area contributed by atoms with Crippen LogP contribution in [0.25, 0.3) is 0 Å². The minimum atomic E-state index is 0.0721. The number of carbonyl (C=O) groups is 2. The number of amides is 2. The highest BCUT2D eigenvalue weighted by molar-refractivity contribution is 5.86. The van der Waals surface area contributed by atoms with E-state index in [2.05, 4.69) is 5.10 Å². The molecule has 0 unspecified atom stereocenters. The minimum Gasteiger partial charge on any atom is -0.336 e. The van der Waals surface area contributed by atoms with Gasteiger partial charge in [0.25, 0.3) is 0 Å². The highest BCUT2D eigenvalue weighted by Gasteiger charge is 2.31. The summed E-state index contributed by atoms with van der Waals surface area (Å²) in [7, 11) is 1.88. The maximum Gasteiger partial charge on any atom is 0.242 e. The SMILES string of the molecule is Cn1nccc1CCC(=O)N1CCN(C2CCCCC2)C(=O)C1. The van der Waals surface area contributed by atoms with Crippen LogP contribution in [0.1, 0.15) is 44.2 Å². The maximum atomic E-state index is 12.4. The summed E-state index contributed by atoms with van der Waals surface area (Å²) in [6, 6.07) is 2.34. The van der Waals surface area contributed by atoms with Gasteiger partial charge in [0.05, 0.1) is 6.54 Å². The molecule has 2 amide bonds. The highest BCUT2D eigenvalue weighted by Crippen LogP contribution is 2.24. The molecule has 6 nitrogen and oxygen atoms in total. The number of nitrogens with zero attached hydrogens (tertiary/aromatic N) is 4. The molecule has 2 fully saturated rings. The molecule has 2 aliphatic rings. The van der Waals surface area contributed by atoms with Crippen molar-refractivity contribution < 1.29 is 9.59 Å². The van der Waals surface area contributed by atoms with Crippen molar-refractivity contribution in [1.82, 2.24) is 19.6 Å². The van der Waals surface area contributed by atoms with E-state index < -0.39 is 0 Å². The maximum absolute atomic E-state index is 12.4. The number of aryl methyl sites for hydroxylation is 2. The number of aromatic nitrogens is 2. The molecule has 23 heavy (non-hydrogen) atoms. The van der Waals surface area contributed by atoms with Crippen LogP contribution in [0.4, 0.5) is 0 Å². The van der Waals surface area contributed by atoms with E-state index >= 15 is 0 Å². The molecule has 0 aromatic carbocycles. The summed E-state index contributed by atoms with van der Waals surface area (Å²) in [5, 5.41) is 4.11. The summed E-state index contributed by atoms with van der Waals surface area (Å²) >= 11 is 0. The fraction of sp³-hybridized carbons (Fsp3) is 0.706.